The molecule has 0 amide bonds. The zero-order valence-corrected chi connectivity index (χ0v) is 8.59. The summed E-state index contributed by atoms with van der Waals surface area (Å²) in [5.74, 6) is -0.331. The summed E-state index contributed by atoms with van der Waals surface area (Å²) in [6, 6.07) is 0. The topological polar surface area (TPSA) is 17.1 Å². The predicted molar refractivity (Wildman–Crippen MR) is 47.2 cm³/mol. The number of halogens is 3. The SMILES string of the molecule is CC1(C)CC1C(=O)C(Cl)(Cl)Cl. The number of hydrogen-bond donors (Lipinski definition) is 0. The highest BCUT2D eigenvalue weighted by molar-refractivity contribution is 6.76. The highest BCUT2D eigenvalue weighted by atomic mass is 35.6. The first kappa shape index (κ1) is 9.63. The van der Waals surface area contributed by atoms with Crippen molar-refractivity contribution in [2.75, 3.05) is 0 Å². The number of alkyl halides is 3. The molecule has 0 spiro atoms. The Morgan fingerprint density at radius 3 is 1.91 bits per heavy atom. The number of carbonyl (C=O) groups is 1. The van der Waals surface area contributed by atoms with Crippen molar-refractivity contribution in [3.63, 3.8) is 0 Å². The fraction of sp³-hybridized carbons (Fsp3) is 0.857. The van der Waals surface area contributed by atoms with E-state index in [0.29, 0.717) is 0 Å². The Hall–Kier alpha value is 0.540. The second-order valence-electron chi connectivity index (χ2n) is 3.61. The van der Waals surface area contributed by atoms with Crippen molar-refractivity contribution in [2.24, 2.45) is 11.3 Å². The zero-order valence-electron chi connectivity index (χ0n) is 6.33. The fourth-order valence-electron chi connectivity index (χ4n) is 1.11. The third kappa shape index (κ3) is 2.01. The monoisotopic (exact) mass is 214 g/mol. The van der Waals surface area contributed by atoms with Gasteiger partial charge in [0.1, 0.15) is 0 Å². The maximum atomic E-state index is 11.2. The van der Waals surface area contributed by atoms with E-state index in [1.807, 2.05) is 13.8 Å². The summed E-state index contributed by atoms with van der Waals surface area (Å²) in [6.07, 6.45) is 0.833. The maximum Gasteiger partial charge on any atom is 0.248 e. The summed E-state index contributed by atoms with van der Waals surface area (Å²) in [5, 5.41) is 0. The lowest BCUT2D eigenvalue weighted by atomic mass is 10.1. The van der Waals surface area contributed by atoms with Crippen molar-refractivity contribution in [2.45, 2.75) is 24.1 Å². The van der Waals surface area contributed by atoms with Gasteiger partial charge in [-0.15, -0.1) is 0 Å². The summed E-state index contributed by atoms with van der Waals surface area (Å²) in [4.78, 5) is 11.2. The Kier molecular flexibility index (Phi) is 2.20. The van der Waals surface area contributed by atoms with Crippen LogP contribution in [0.2, 0.25) is 0 Å². The number of Topliss-reactive ketones (excluding diaryl/α,β-unsaturated/α-hetero) is 1. The molecule has 0 heterocycles. The van der Waals surface area contributed by atoms with E-state index < -0.39 is 3.79 Å². The van der Waals surface area contributed by atoms with Gasteiger partial charge in [-0.1, -0.05) is 48.7 Å². The molecule has 0 N–H and O–H groups in total. The second-order valence-corrected chi connectivity index (χ2v) is 5.89. The zero-order chi connectivity index (χ0) is 8.86. The Morgan fingerprint density at radius 1 is 1.45 bits per heavy atom. The first-order chi connectivity index (χ1) is 4.75. The maximum absolute atomic E-state index is 11.2. The minimum atomic E-state index is -1.72. The lowest BCUT2D eigenvalue weighted by Crippen LogP contribution is -2.22. The van der Waals surface area contributed by atoms with Crippen LogP contribution in [0, 0.1) is 11.3 Å². The normalized spacial score (nSPS) is 28.3. The Labute approximate surface area is 81.0 Å². The van der Waals surface area contributed by atoms with Crippen LogP contribution >= 0.6 is 34.8 Å². The van der Waals surface area contributed by atoms with Crippen LogP contribution in [0.4, 0.5) is 0 Å². The molecular formula is C7H9Cl3O. The van der Waals surface area contributed by atoms with Crippen molar-refractivity contribution < 1.29 is 4.79 Å². The molecule has 0 saturated heterocycles. The van der Waals surface area contributed by atoms with Crippen LogP contribution in [0.15, 0.2) is 0 Å². The van der Waals surface area contributed by atoms with Gasteiger partial charge in [-0.2, -0.15) is 0 Å². The van der Waals surface area contributed by atoms with Crippen LogP contribution in [0.25, 0.3) is 0 Å². The van der Waals surface area contributed by atoms with Gasteiger partial charge in [0.05, 0.1) is 0 Å². The molecule has 1 rings (SSSR count). The van der Waals surface area contributed by atoms with Gasteiger partial charge >= 0.3 is 0 Å². The summed E-state index contributed by atoms with van der Waals surface area (Å²) >= 11 is 16.3. The van der Waals surface area contributed by atoms with Crippen LogP contribution in [0.3, 0.4) is 0 Å². The molecule has 0 radical (unpaired) electrons. The third-order valence-electron chi connectivity index (χ3n) is 2.11. The van der Waals surface area contributed by atoms with E-state index in [1.54, 1.807) is 0 Å². The van der Waals surface area contributed by atoms with E-state index in [1.165, 1.54) is 0 Å². The lowest BCUT2D eigenvalue weighted by molar-refractivity contribution is -0.120. The predicted octanol–water partition coefficient (Wildman–Crippen LogP) is 2.97. The quantitative estimate of drug-likeness (QED) is 0.615. The molecule has 64 valence electrons. The van der Waals surface area contributed by atoms with E-state index in [-0.39, 0.29) is 17.1 Å². The van der Waals surface area contributed by atoms with Crippen LogP contribution in [0.5, 0.6) is 0 Å². The van der Waals surface area contributed by atoms with E-state index in [2.05, 4.69) is 0 Å². The average molecular weight is 216 g/mol. The Bertz CT molecular complexity index is 192. The molecule has 1 aliphatic carbocycles. The summed E-state index contributed by atoms with van der Waals surface area (Å²) in [6.45, 7) is 3.98. The Morgan fingerprint density at radius 2 is 1.82 bits per heavy atom. The van der Waals surface area contributed by atoms with E-state index in [9.17, 15) is 4.79 Å². The molecule has 0 aromatic rings. The fourth-order valence-corrected chi connectivity index (χ4v) is 1.51. The van der Waals surface area contributed by atoms with E-state index in [4.69, 9.17) is 34.8 Å². The Balaban J connectivity index is 2.60. The molecule has 1 aliphatic rings. The van der Waals surface area contributed by atoms with Gasteiger partial charge in [-0.25, -0.2) is 0 Å². The summed E-state index contributed by atoms with van der Waals surface area (Å²) in [7, 11) is 0. The molecular weight excluding hydrogens is 206 g/mol. The molecule has 4 heteroatoms. The molecule has 1 nitrogen and oxygen atoms in total. The smallest absolute Gasteiger partial charge is 0.248 e. The molecule has 11 heavy (non-hydrogen) atoms. The minimum absolute atomic E-state index is 0.0427. The molecule has 1 atom stereocenters. The number of rotatable bonds is 1. The molecule has 0 aromatic heterocycles. The first-order valence-electron chi connectivity index (χ1n) is 3.36. The number of hydrogen-bond acceptors (Lipinski definition) is 1. The van der Waals surface area contributed by atoms with E-state index >= 15 is 0 Å². The van der Waals surface area contributed by atoms with Crippen LogP contribution in [-0.4, -0.2) is 9.58 Å². The molecule has 1 saturated carbocycles. The third-order valence-corrected chi connectivity index (χ3v) is 2.67. The van der Waals surface area contributed by atoms with Gasteiger partial charge in [-0.3, -0.25) is 4.79 Å². The minimum Gasteiger partial charge on any atom is -0.295 e. The van der Waals surface area contributed by atoms with Crippen LogP contribution in [-0.2, 0) is 4.79 Å². The van der Waals surface area contributed by atoms with Crippen LogP contribution in [0.1, 0.15) is 20.3 Å². The lowest BCUT2D eigenvalue weighted by Gasteiger charge is -2.09. The van der Waals surface area contributed by atoms with Crippen molar-refractivity contribution in [3.05, 3.63) is 0 Å². The second kappa shape index (κ2) is 2.51. The van der Waals surface area contributed by atoms with Crippen molar-refractivity contribution in [1.82, 2.24) is 0 Å². The van der Waals surface area contributed by atoms with Crippen LogP contribution < -0.4 is 0 Å². The van der Waals surface area contributed by atoms with Crippen molar-refractivity contribution in [3.8, 4) is 0 Å². The molecule has 0 aromatic carbocycles. The summed E-state index contributed by atoms with van der Waals surface area (Å²) < 4.78 is -1.72. The number of ketones is 1. The highest BCUT2D eigenvalue weighted by Gasteiger charge is 2.55. The molecule has 1 fully saturated rings. The van der Waals surface area contributed by atoms with Crippen molar-refractivity contribution >= 4 is 40.6 Å². The number of carbonyl (C=O) groups excluding carboxylic acids is 1. The average Bonchev–Trinajstić information content (AvgIpc) is 2.36. The van der Waals surface area contributed by atoms with Gasteiger partial charge in [-0.05, 0) is 11.8 Å². The molecule has 0 bridgehead atoms. The van der Waals surface area contributed by atoms with Gasteiger partial charge < -0.3 is 0 Å². The van der Waals surface area contributed by atoms with Gasteiger partial charge in [0, 0.05) is 5.92 Å². The van der Waals surface area contributed by atoms with E-state index in [0.717, 1.165) is 6.42 Å². The van der Waals surface area contributed by atoms with Gasteiger partial charge in [0.15, 0.2) is 5.78 Å². The highest BCUT2D eigenvalue weighted by Crippen LogP contribution is 2.55. The first-order valence-corrected chi connectivity index (χ1v) is 4.49. The van der Waals surface area contributed by atoms with Gasteiger partial charge in [0.2, 0.25) is 3.79 Å². The molecule has 0 aliphatic heterocycles. The molecule has 1 unspecified atom stereocenters. The van der Waals surface area contributed by atoms with Crippen molar-refractivity contribution in [1.29, 1.82) is 0 Å². The van der Waals surface area contributed by atoms with Gasteiger partial charge in [0.25, 0.3) is 0 Å². The largest absolute Gasteiger partial charge is 0.295 e. The summed E-state index contributed by atoms with van der Waals surface area (Å²) in [5.41, 5.74) is 0.0427. The standard InChI is InChI=1S/C7H9Cl3O/c1-6(2)3-4(6)5(11)7(8,9)10/h4H,3H2,1-2H3.